The fourth-order valence-corrected chi connectivity index (χ4v) is 3.55. The Kier molecular flexibility index (Phi) is 4.96. The van der Waals surface area contributed by atoms with E-state index in [9.17, 15) is 4.79 Å². The third-order valence-corrected chi connectivity index (χ3v) is 5.13. The zero-order valence-electron chi connectivity index (χ0n) is 15.3. The van der Waals surface area contributed by atoms with E-state index in [0.717, 1.165) is 18.5 Å². The predicted molar refractivity (Wildman–Crippen MR) is 101 cm³/mol. The molecular weight excluding hydrogens is 340 g/mol. The SMILES string of the molecule is C[C@H]1CN(C(=O)CCc2ccccc2)C[C@@H]1c1nc(-c2ccncc2)no1. The minimum Gasteiger partial charge on any atom is -0.342 e. The fraction of sp³-hybridized carbons (Fsp3) is 0.333. The third kappa shape index (κ3) is 3.89. The molecule has 0 aliphatic carbocycles. The minimum atomic E-state index is 0.0776. The van der Waals surface area contributed by atoms with Crippen LogP contribution < -0.4 is 0 Å². The molecule has 0 N–H and O–H groups in total. The summed E-state index contributed by atoms with van der Waals surface area (Å²) in [4.78, 5) is 23.1. The summed E-state index contributed by atoms with van der Waals surface area (Å²) in [6, 6.07) is 13.8. The number of amides is 1. The van der Waals surface area contributed by atoms with Crippen LogP contribution in [0, 0.1) is 5.92 Å². The van der Waals surface area contributed by atoms with Crippen molar-refractivity contribution in [2.24, 2.45) is 5.92 Å². The monoisotopic (exact) mass is 362 g/mol. The first kappa shape index (κ1) is 17.4. The number of likely N-dealkylation sites (tertiary alicyclic amines) is 1. The van der Waals surface area contributed by atoms with Crippen molar-refractivity contribution in [2.75, 3.05) is 13.1 Å². The molecule has 27 heavy (non-hydrogen) atoms. The van der Waals surface area contributed by atoms with Gasteiger partial charge in [0.05, 0.1) is 5.92 Å². The molecule has 2 aromatic heterocycles. The number of hydrogen-bond donors (Lipinski definition) is 0. The van der Waals surface area contributed by atoms with E-state index in [-0.39, 0.29) is 17.7 Å². The summed E-state index contributed by atoms with van der Waals surface area (Å²) in [6.07, 6.45) is 4.70. The van der Waals surface area contributed by atoms with E-state index < -0.39 is 0 Å². The van der Waals surface area contributed by atoms with E-state index in [1.807, 2.05) is 35.2 Å². The molecule has 1 aliphatic rings. The number of pyridine rings is 1. The molecule has 3 aromatic rings. The Morgan fingerprint density at radius 3 is 2.70 bits per heavy atom. The first-order valence-corrected chi connectivity index (χ1v) is 9.26. The molecule has 2 atom stereocenters. The van der Waals surface area contributed by atoms with Crippen LogP contribution in [-0.2, 0) is 11.2 Å². The maximum absolute atomic E-state index is 12.6. The van der Waals surface area contributed by atoms with Crippen LogP contribution in [0.4, 0.5) is 0 Å². The molecule has 0 unspecified atom stereocenters. The predicted octanol–water partition coefficient (Wildman–Crippen LogP) is 3.33. The highest BCUT2D eigenvalue weighted by molar-refractivity contribution is 5.77. The average molecular weight is 362 g/mol. The van der Waals surface area contributed by atoms with Gasteiger partial charge in [-0.15, -0.1) is 0 Å². The zero-order chi connectivity index (χ0) is 18.6. The van der Waals surface area contributed by atoms with Gasteiger partial charge in [0, 0.05) is 37.5 Å². The van der Waals surface area contributed by atoms with Gasteiger partial charge in [0.15, 0.2) is 0 Å². The van der Waals surface area contributed by atoms with Gasteiger partial charge in [0.2, 0.25) is 17.6 Å². The van der Waals surface area contributed by atoms with Gasteiger partial charge < -0.3 is 9.42 Å². The van der Waals surface area contributed by atoms with Crippen LogP contribution in [0.1, 0.15) is 30.7 Å². The Morgan fingerprint density at radius 1 is 1.15 bits per heavy atom. The average Bonchev–Trinajstić information content (AvgIpc) is 3.34. The summed E-state index contributed by atoms with van der Waals surface area (Å²) in [7, 11) is 0. The first-order chi connectivity index (χ1) is 13.2. The van der Waals surface area contributed by atoms with Gasteiger partial charge in [-0.05, 0) is 30.0 Å². The molecule has 0 spiro atoms. The maximum atomic E-state index is 12.6. The van der Waals surface area contributed by atoms with Crippen LogP contribution in [0.15, 0.2) is 59.4 Å². The minimum absolute atomic E-state index is 0.0776. The quantitative estimate of drug-likeness (QED) is 0.696. The molecule has 1 fully saturated rings. The van der Waals surface area contributed by atoms with Gasteiger partial charge in [0.1, 0.15) is 0 Å². The Balaban J connectivity index is 1.39. The summed E-state index contributed by atoms with van der Waals surface area (Å²) in [5.74, 6) is 1.72. The number of carbonyl (C=O) groups is 1. The lowest BCUT2D eigenvalue weighted by molar-refractivity contribution is -0.130. The number of nitrogens with zero attached hydrogens (tertiary/aromatic N) is 4. The highest BCUT2D eigenvalue weighted by atomic mass is 16.5. The molecule has 1 aliphatic heterocycles. The van der Waals surface area contributed by atoms with E-state index in [0.29, 0.717) is 24.7 Å². The van der Waals surface area contributed by atoms with E-state index in [1.165, 1.54) is 5.56 Å². The number of hydrogen-bond acceptors (Lipinski definition) is 5. The Bertz CT molecular complexity index is 895. The van der Waals surface area contributed by atoms with Crippen molar-refractivity contribution >= 4 is 5.91 Å². The van der Waals surface area contributed by atoms with Crippen LogP contribution in [0.3, 0.4) is 0 Å². The standard InChI is InChI=1S/C21H22N4O2/c1-15-13-25(19(26)8-7-16-5-3-2-4-6-16)14-18(15)21-23-20(24-27-21)17-9-11-22-12-10-17/h2-6,9-12,15,18H,7-8,13-14H2,1H3/t15-,18-/m0/s1. The zero-order valence-corrected chi connectivity index (χ0v) is 15.3. The molecule has 0 radical (unpaired) electrons. The Morgan fingerprint density at radius 2 is 1.93 bits per heavy atom. The largest absolute Gasteiger partial charge is 0.342 e. The summed E-state index contributed by atoms with van der Waals surface area (Å²) in [5, 5.41) is 4.09. The van der Waals surface area contributed by atoms with Crippen molar-refractivity contribution in [3.8, 4) is 11.4 Å². The van der Waals surface area contributed by atoms with E-state index in [1.54, 1.807) is 12.4 Å². The molecule has 1 aromatic carbocycles. The summed E-state index contributed by atoms with van der Waals surface area (Å²) in [5.41, 5.74) is 2.06. The first-order valence-electron chi connectivity index (χ1n) is 9.26. The number of aryl methyl sites for hydroxylation is 1. The molecule has 3 heterocycles. The number of aromatic nitrogens is 3. The van der Waals surface area contributed by atoms with Crippen LogP contribution in [0.2, 0.25) is 0 Å². The van der Waals surface area contributed by atoms with Gasteiger partial charge in [-0.3, -0.25) is 9.78 Å². The Labute approximate surface area is 158 Å². The van der Waals surface area contributed by atoms with E-state index in [4.69, 9.17) is 4.52 Å². The van der Waals surface area contributed by atoms with Crippen LogP contribution >= 0.6 is 0 Å². The second kappa shape index (κ2) is 7.70. The van der Waals surface area contributed by atoms with Crippen molar-refractivity contribution in [2.45, 2.75) is 25.7 Å². The van der Waals surface area contributed by atoms with E-state index in [2.05, 4.69) is 34.2 Å². The topological polar surface area (TPSA) is 72.1 Å². The highest BCUT2D eigenvalue weighted by Gasteiger charge is 2.36. The van der Waals surface area contributed by atoms with Crippen molar-refractivity contribution in [1.82, 2.24) is 20.0 Å². The Hall–Kier alpha value is -3.02. The van der Waals surface area contributed by atoms with Gasteiger partial charge in [0.25, 0.3) is 0 Å². The molecule has 6 heteroatoms. The fourth-order valence-electron chi connectivity index (χ4n) is 3.55. The molecule has 6 nitrogen and oxygen atoms in total. The molecule has 138 valence electrons. The lowest BCUT2D eigenvalue weighted by Gasteiger charge is -2.15. The summed E-state index contributed by atoms with van der Waals surface area (Å²) < 4.78 is 5.51. The molecule has 0 saturated carbocycles. The highest BCUT2D eigenvalue weighted by Crippen LogP contribution is 2.32. The number of benzene rings is 1. The van der Waals surface area contributed by atoms with Crippen LogP contribution in [-0.4, -0.2) is 39.0 Å². The maximum Gasteiger partial charge on any atom is 0.232 e. The molecule has 4 rings (SSSR count). The number of carbonyl (C=O) groups excluding carboxylic acids is 1. The van der Waals surface area contributed by atoms with Crippen molar-refractivity contribution < 1.29 is 9.32 Å². The third-order valence-electron chi connectivity index (χ3n) is 5.13. The number of rotatable bonds is 5. The van der Waals surface area contributed by atoms with Crippen molar-refractivity contribution in [3.05, 3.63) is 66.3 Å². The van der Waals surface area contributed by atoms with E-state index >= 15 is 0 Å². The summed E-state index contributed by atoms with van der Waals surface area (Å²) >= 11 is 0. The molecule has 1 amide bonds. The normalized spacial score (nSPS) is 19.4. The molecular formula is C21H22N4O2. The van der Waals surface area contributed by atoms with Crippen molar-refractivity contribution in [1.29, 1.82) is 0 Å². The molecule has 0 bridgehead atoms. The van der Waals surface area contributed by atoms with Gasteiger partial charge in [-0.1, -0.05) is 42.4 Å². The summed E-state index contributed by atoms with van der Waals surface area (Å²) in [6.45, 7) is 3.49. The van der Waals surface area contributed by atoms with Gasteiger partial charge in [-0.25, -0.2) is 0 Å². The van der Waals surface area contributed by atoms with Crippen LogP contribution in [0.25, 0.3) is 11.4 Å². The lowest BCUT2D eigenvalue weighted by Crippen LogP contribution is -2.29. The smallest absolute Gasteiger partial charge is 0.232 e. The lowest BCUT2D eigenvalue weighted by atomic mass is 9.98. The second-order valence-corrected chi connectivity index (χ2v) is 7.06. The second-order valence-electron chi connectivity index (χ2n) is 7.06. The molecule has 1 saturated heterocycles. The van der Waals surface area contributed by atoms with Crippen LogP contribution in [0.5, 0.6) is 0 Å². The van der Waals surface area contributed by atoms with Crippen molar-refractivity contribution in [3.63, 3.8) is 0 Å². The van der Waals surface area contributed by atoms with Gasteiger partial charge >= 0.3 is 0 Å². The van der Waals surface area contributed by atoms with Gasteiger partial charge in [-0.2, -0.15) is 4.98 Å².